The molecule has 0 spiro atoms. The van der Waals surface area contributed by atoms with Crippen molar-refractivity contribution < 1.29 is 14.7 Å². The minimum Gasteiger partial charge on any atom is -0.481 e. The van der Waals surface area contributed by atoms with Crippen molar-refractivity contribution in [2.45, 2.75) is 51.0 Å². The molecule has 4 nitrogen and oxygen atoms in total. The fourth-order valence-electron chi connectivity index (χ4n) is 2.90. The maximum Gasteiger partial charge on any atom is 0.310 e. The number of rotatable bonds is 5. The lowest BCUT2D eigenvalue weighted by Crippen LogP contribution is -2.33. The number of hydrogen-bond acceptors (Lipinski definition) is 2. The summed E-state index contributed by atoms with van der Waals surface area (Å²) < 4.78 is 0. The number of aliphatic carboxylic acids is 1. The molecule has 1 amide bonds. The van der Waals surface area contributed by atoms with E-state index in [9.17, 15) is 9.59 Å². The Kier molecular flexibility index (Phi) is 4.39. The first-order valence-corrected chi connectivity index (χ1v) is 6.85. The molecule has 4 heteroatoms. The molecule has 2 aliphatic carbocycles. The van der Waals surface area contributed by atoms with Gasteiger partial charge in [0.25, 0.3) is 0 Å². The molecule has 0 aromatic carbocycles. The van der Waals surface area contributed by atoms with Gasteiger partial charge in [-0.2, -0.15) is 0 Å². The Bertz CT molecular complexity index is 345. The van der Waals surface area contributed by atoms with Crippen molar-refractivity contribution >= 4 is 11.9 Å². The Morgan fingerprint density at radius 3 is 2.56 bits per heavy atom. The molecule has 0 saturated heterocycles. The highest BCUT2D eigenvalue weighted by Gasteiger charge is 2.25. The lowest BCUT2D eigenvalue weighted by Gasteiger charge is -2.13. The molecule has 2 aliphatic rings. The Balaban J connectivity index is 1.65. The fourth-order valence-corrected chi connectivity index (χ4v) is 2.90. The van der Waals surface area contributed by atoms with Crippen LogP contribution in [0.15, 0.2) is 12.2 Å². The van der Waals surface area contributed by atoms with E-state index in [0.29, 0.717) is 12.8 Å². The van der Waals surface area contributed by atoms with Crippen LogP contribution in [-0.4, -0.2) is 23.0 Å². The zero-order valence-corrected chi connectivity index (χ0v) is 10.6. The number of carboxylic acid groups (broad SMARTS) is 1. The molecular formula is C14H21NO3. The number of carbonyl (C=O) groups is 2. The predicted octanol–water partition coefficient (Wildman–Crippen LogP) is 2.10. The lowest BCUT2D eigenvalue weighted by molar-refractivity contribution is -0.140. The quantitative estimate of drug-likeness (QED) is 0.735. The Morgan fingerprint density at radius 1 is 1.22 bits per heavy atom. The third-order valence-electron chi connectivity index (χ3n) is 4.00. The second-order valence-electron chi connectivity index (χ2n) is 5.43. The van der Waals surface area contributed by atoms with Crippen LogP contribution in [0, 0.1) is 11.8 Å². The van der Waals surface area contributed by atoms with Gasteiger partial charge in [0, 0.05) is 12.5 Å². The standard InChI is InChI=1S/C14H21NO3/c16-13(8-5-10-3-1-2-4-10)15-12-7-6-11(9-12)14(17)18/h6-7,10-12H,1-5,8-9H2,(H,15,16)(H,17,18). The van der Waals surface area contributed by atoms with E-state index in [1.807, 2.05) is 0 Å². The van der Waals surface area contributed by atoms with E-state index in [2.05, 4.69) is 5.32 Å². The molecular weight excluding hydrogens is 230 g/mol. The van der Waals surface area contributed by atoms with Gasteiger partial charge in [-0.05, 0) is 18.8 Å². The molecule has 0 aromatic rings. The van der Waals surface area contributed by atoms with Gasteiger partial charge in [-0.3, -0.25) is 9.59 Å². The molecule has 2 rings (SSSR count). The molecule has 2 atom stereocenters. The lowest BCUT2D eigenvalue weighted by atomic mass is 10.0. The maximum absolute atomic E-state index is 11.7. The van der Waals surface area contributed by atoms with Crippen molar-refractivity contribution in [3.63, 3.8) is 0 Å². The number of carbonyl (C=O) groups excluding carboxylic acids is 1. The average molecular weight is 251 g/mol. The summed E-state index contributed by atoms with van der Waals surface area (Å²) in [7, 11) is 0. The van der Waals surface area contributed by atoms with Gasteiger partial charge in [-0.15, -0.1) is 0 Å². The van der Waals surface area contributed by atoms with Crippen LogP contribution < -0.4 is 5.32 Å². The summed E-state index contributed by atoms with van der Waals surface area (Å²) in [5, 5.41) is 11.7. The third-order valence-corrected chi connectivity index (χ3v) is 4.00. The summed E-state index contributed by atoms with van der Waals surface area (Å²) in [5.74, 6) is -0.469. The summed E-state index contributed by atoms with van der Waals surface area (Å²) in [5.41, 5.74) is 0. The Labute approximate surface area is 107 Å². The summed E-state index contributed by atoms with van der Waals surface area (Å²) in [6, 6.07) is -0.0952. The van der Waals surface area contributed by atoms with Gasteiger partial charge < -0.3 is 10.4 Å². The normalized spacial score (nSPS) is 27.6. The van der Waals surface area contributed by atoms with Crippen LogP contribution in [0.4, 0.5) is 0 Å². The van der Waals surface area contributed by atoms with Gasteiger partial charge in [0.1, 0.15) is 0 Å². The summed E-state index contributed by atoms with van der Waals surface area (Å²) in [4.78, 5) is 22.5. The van der Waals surface area contributed by atoms with Gasteiger partial charge in [0.15, 0.2) is 0 Å². The average Bonchev–Trinajstić information content (AvgIpc) is 2.96. The van der Waals surface area contributed by atoms with Gasteiger partial charge in [-0.1, -0.05) is 37.8 Å². The van der Waals surface area contributed by atoms with Crippen molar-refractivity contribution in [3.05, 3.63) is 12.2 Å². The van der Waals surface area contributed by atoms with Crippen molar-refractivity contribution in [2.75, 3.05) is 0 Å². The van der Waals surface area contributed by atoms with Crippen LogP contribution in [0.3, 0.4) is 0 Å². The van der Waals surface area contributed by atoms with E-state index < -0.39 is 11.9 Å². The fraction of sp³-hybridized carbons (Fsp3) is 0.714. The summed E-state index contributed by atoms with van der Waals surface area (Å²) in [6.45, 7) is 0. The molecule has 2 unspecified atom stereocenters. The highest BCUT2D eigenvalue weighted by molar-refractivity contribution is 5.77. The monoisotopic (exact) mass is 251 g/mol. The van der Waals surface area contributed by atoms with Crippen LogP contribution in [0.25, 0.3) is 0 Å². The molecule has 0 aliphatic heterocycles. The Hall–Kier alpha value is -1.32. The first-order chi connectivity index (χ1) is 8.65. The zero-order chi connectivity index (χ0) is 13.0. The molecule has 0 radical (unpaired) electrons. The topological polar surface area (TPSA) is 66.4 Å². The molecule has 2 N–H and O–H groups in total. The van der Waals surface area contributed by atoms with E-state index in [0.717, 1.165) is 12.3 Å². The first kappa shape index (κ1) is 13.1. The molecule has 0 bridgehead atoms. The van der Waals surface area contributed by atoms with Crippen molar-refractivity contribution in [2.24, 2.45) is 11.8 Å². The second kappa shape index (κ2) is 6.03. The zero-order valence-electron chi connectivity index (χ0n) is 10.6. The van der Waals surface area contributed by atoms with E-state index >= 15 is 0 Å². The molecule has 1 saturated carbocycles. The first-order valence-electron chi connectivity index (χ1n) is 6.85. The van der Waals surface area contributed by atoms with Crippen molar-refractivity contribution in [1.82, 2.24) is 5.32 Å². The highest BCUT2D eigenvalue weighted by Crippen LogP contribution is 2.28. The third kappa shape index (κ3) is 3.59. The van der Waals surface area contributed by atoms with Gasteiger partial charge in [0.2, 0.25) is 5.91 Å². The number of amides is 1. The molecule has 100 valence electrons. The highest BCUT2D eigenvalue weighted by atomic mass is 16.4. The van der Waals surface area contributed by atoms with E-state index in [4.69, 9.17) is 5.11 Å². The molecule has 18 heavy (non-hydrogen) atoms. The SMILES string of the molecule is O=C(CCC1CCCC1)NC1C=CC(C(=O)O)C1. The minimum absolute atomic E-state index is 0.0580. The van der Waals surface area contributed by atoms with E-state index in [1.165, 1.54) is 25.7 Å². The number of carboxylic acids is 1. The van der Waals surface area contributed by atoms with Crippen LogP contribution >= 0.6 is 0 Å². The summed E-state index contributed by atoms with van der Waals surface area (Å²) >= 11 is 0. The molecule has 0 heterocycles. The number of nitrogens with one attached hydrogen (secondary N) is 1. The van der Waals surface area contributed by atoms with Gasteiger partial charge in [0.05, 0.1) is 5.92 Å². The van der Waals surface area contributed by atoms with Crippen LogP contribution in [-0.2, 0) is 9.59 Å². The Morgan fingerprint density at radius 2 is 1.94 bits per heavy atom. The van der Waals surface area contributed by atoms with E-state index in [-0.39, 0.29) is 11.9 Å². The largest absolute Gasteiger partial charge is 0.481 e. The maximum atomic E-state index is 11.7. The minimum atomic E-state index is -0.811. The van der Waals surface area contributed by atoms with Crippen LogP contribution in [0.5, 0.6) is 0 Å². The molecule has 1 fully saturated rings. The van der Waals surface area contributed by atoms with Crippen molar-refractivity contribution in [1.29, 1.82) is 0 Å². The second-order valence-corrected chi connectivity index (χ2v) is 5.43. The van der Waals surface area contributed by atoms with Crippen LogP contribution in [0.2, 0.25) is 0 Å². The number of hydrogen-bond donors (Lipinski definition) is 2. The predicted molar refractivity (Wildman–Crippen MR) is 68.0 cm³/mol. The van der Waals surface area contributed by atoms with Gasteiger partial charge >= 0.3 is 5.97 Å². The van der Waals surface area contributed by atoms with Gasteiger partial charge in [-0.25, -0.2) is 0 Å². The summed E-state index contributed by atoms with van der Waals surface area (Å²) in [6.07, 6.45) is 10.6. The molecule has 0 aromatic heterocycles. The van der Waals surface area contributed by atoms with E-state index in [1.54, 1.807) is 12.2 Å². The smallest absolute Gasteiger partial charge is 0.310 e. The van der Waals surface area contributed by atoms with Crippen molar-refractivity contribution in [3.8, 4) is 0 Å². The van der Waals surface area contributed by atoms with Crippen LogP contribution in [0.1, 0.15) is 44.9 Å².